The number of halogens is 1. The summed E-state index contributed by atoms with van der Waals surface area (Å²) in [6.45, 7) is 3.51. The molecule has 0 bridgehead atoms. The second-order valence-electron chi connectivity index (χ2n) is 6.07. The zero-order valence-corrected chi connectivity index (χ0v) is 12.6. The SMILES string of the molecule is CC1CCCCC1N(CCC(=O)O)Cc1ccc(F)cc1. The second-order valence-corrected chi connectivity index (χ2v) is 6.07. The van der Waals surface area contributed by atoms with Crippen molar-refractivity contribution in [2.24, 2.45) is 5.92 Å². The second kappa shape index (κ2) is 7.55. The van der Waals surface area contributed by atoms with Crippen molar-refractivity contribution < 1.29 is 14.3 Å². The van der Waals surface area contributed by atoms with Crippen LogP contribution in [-0.4, -0.2) is 28.6 Å². The van der Waals surface area contributed by atoms with Gasteiger partial charge in [0.15, 0.2) is 0 Å². The van der Waals surface area contributed by atoms with Crippen LogP contribution in [0.4, 0.5) is 4.39 Å². The Bertz CT molecular complexity index is 460. The highest BCUT2D eigenvalue weighted by molar-refractivity contribution is 5.66. The fraction of sp³-hybridized carbons (Fsp3) is 0.588. The van der Waals surface area contributed by atoms with Crippen LogP contribution in [0.1, 0.15) is 44.6 Å². The van der Waals surface area contributed by atoms with Crippen LogP contribution in [0.2, 0.25) is 0 Å². The minimum Gasteiger partial charge on any atom is -0.481 e. The largest absolute Gasteiger partial charge is 0.481 e. The summed E-state index contributed by atoms with van der Waals surface area (Å²) in [6, 6.07) is 6.94. The van der Waals surface area contributed by atoms with Gasteiger partial charge in [0.2, 0.25) is 0 Å². The molecule has 0 amide bonds. The molecular formula is C17H24FNO2. The minimum absolute atomic E-state index is 0.157. The number of aliphatic carboxylic acids is 1. The van der Waals surface area contributed by atoms with E-state index in [2.05, 4.69) is 11.8 Å². The van der Waals surface area contributed by atoms with E-state index in [1.165, 1.54) is 31.4 Å². The standard InChI is InChI=1S/C17H24FNO2/c1-13-4-2-3-5-16(13)19(11-10-17(20)21)12-14-6-8-15(18)9-7-14/h6-9,13,16H,2-5,10-12H2,1H3,(H,20,21). The number of hydrogen-bond donors (Lipinski definition) is 1. The maximum atomic E-state index is 13.0. The molecule has 0 radical (unpaired) electrons. The first-order valence-corrected chi connectivity index (χ1v) is 7.76. The van der Waals surface area contributed by atoms with Crippen LogP contribution in [0.3, 0.4) is 0 Å². The van der Waals surface area contributed by atoms with E-state index in [1.807, 2.05) is 0 Å². The number of carboxylic acids is 1. The molecule has 21 heavy (non-hydrogen) atoms. The van der Waals surface area contributed by atoms with E-state index < -0.39 is 5.97 Å². The van der Waals surface area contributed by atoms with Gasteiger partial charge in [-0.2, -0.15) is 0 Å². The highest BCUT2D eigenvalue weighted by Crippen LogP contribution is 2.29. The molecule has 0 aliphatic heterocycles. The fourth-order valence-corrected chi connectivity index (χ4v) is 3.26. The van der Waals surface area contributed by atoms with Gasteiger partial charge in [-0.25, -0.2) is 4.39 Å². The molecular weight excluding hydrogens is 269 g/mol. The Morgan fingerprint density at radius 2 is 1.95 bits per heavy atom. The van der Waals surface area contributed by atoms with Crippen molar-refractivity contribution >= 4 is 5.97 Å². The van der Waals surface area contributed by atoms with Crippen LogP contribution in [0.15, 0.2) is 24.3 Å². The van der Waals surface area contributed by atoms with Gasteiger partial charge in [-0.3, -0.25) is 9.69 Å². The summed E-state index contributed by atoms with van der Waals surface area (Å²) in [6.07, 6.45) is 4.97. The Labute approximate surface area is 125 Å². The van der Waals surface area contributed by atoms with Crippen molar-refractivity contribution in [3.8, 4) is 0 Å². The third-order valence-electron chi connectivity index (χ3n) is 4.45. The Kier molecular flexibility index (Phi) is 5.74. The average Bonchev–Trinajstić information content (AvgIpc) is 2.46. The summed E-state index contributed by atoms with van der Waals surface area (Å²) in [5.74, 6) is -0.405. The van der Waals surface area contributed by atoms with Gasteiger partial charge in [0, 0.05) is 19.1 Å². The van der Waals surface area contributed by atoms with Crippen LogP contribution in [-0.2, 0) is 11.3 Å². The summed E-state index contributed by atoms with van der Waals surface area (Å²) < 4.78 is 13.0. The number of rotatable bonds is 6. The van der Waals surface area contributed by atoms with Gasteiger partial charge < -0.3 is 5.11 Å². The highest BCUT2D eigenvalue weighted by atomic mass is 19.1. The number of carboxylic acid groups (broad SMARTS) is 1. The number of nitrogens with zero attached hydrogens (tertiary/aromatic N) is 1. The summed E-state index contributed by atoms with van der Waals surface area (Å²) >= 11 is 0. The minimum atomic E-state index is -0.762. The van der Waals surface area contributed by atoms with Gasteiger partial charge >= 0.3 is 5.97 Å². The van der Waals surface area contributed by atoms with Crippen LogP contribution >= 0.6 is 0 Å². The molecule has 1 saturated carbocycles. The van der Waals surface area contributed by atoms with E-state index in [9.17, 15) is 9.18 Å². The maximum Gasteiger partial charge on any atom is 0.304 e. The maximum absolute atomic E-state index is 13.0. The first kappa shape index (κ1) is 16.0. The lowest BCUT2D eigenvalue weighted by molar-refractivity contribution is -0.137. The van der Waals surface area contributed by atoms with E-state index in [0.717, 1.165) is 12.0 Å². The Hall–Kier alpha value is -1.42. The molecule has 0 spiro atoms. The van der Waals surface area contributed by atoms with E-state index >= 15 is 0 Å². The van der Waals surface area contributed by atoms with Gasteiger partial charge in [-0.05, 0) is 36.5 Å². The summed E-state index contributed by atoms with van der Waals surface area (Å²) in [4.78, 5) is 13.2. The van der Waals surface area contributed by atoms with Crippen molar-refractivity contribution in [3.05, 3.63) is 35.6 Å². The summed E-state index contributed by atoms with van der Waals surface area (Å²) in [5, 5.41) is 8.95. The monoisotopic (exact) mass is 293 g/mol. The van der Waals surface area contributed by atoms with Crippen molar-refractivity contribution in [2.75, 3.05) is 6.54 Å². The van der Waals surface area contributed by atoms with Gasteiger partial charge in [0.05, 0.1) is 6.42 Å². The van der Waals surface area contributed by atoms with Crippen LogP contribution in [0, 0.1) is 11.7 Å². The quantitative estimate of drug-likeness (QED) is 0.869. The third-order valence-corrected chi connectivity index (χ3v) is 4.45. The molecule has 4 heteroatoms. The molecule has 1 aliphatic carbocycles. The zero-order valence-electron chi connectivity index (χ0n) is 12.6. The molecule has 1 aromatic carbocycles. The molecule has 2 rings (SSSR count). The number of carbonyl (C=O) groups is 1. The van der Waals surface area contributed by atoms with Gasteiger partial charge in [-0.1, -0.05) is 31.9 Å². The lowest BCUT2D eigenvalue weighted by Crippen LogP contribution is -2.42. The average molecular weight is 293 g/mol. The lowest BCUT2D eigenvalue weighted by Gasteiger charge is -2.38. The molecule has 1 aliphatic rings. The third kappa shape index (κ3) is 4.81. The first-order valence-electron chi connectivity index (χ1n) is 7.76. The summed E-state index contributed by atoms with van der Waals surface area (Å²) in [7, 11) is 0. The Morgan fingerprint density at radius 1 is 1.29 bits per heavy atom. The topological polar surface area (TPSA) is 40.5 Å². The molecule has 1 N–H and O–H groups in total. The van der Waals surface area contributed by atoms with Crippen LogP contribution in [0.25, 0.3) is 0 Å². The van der Waals surface area contributed by atoms with Gasteiger partial charge in [0.1, 0.15) is 5.82 Å². The Balaban J connectivity index is 2.06. The van der Waals surface area contributed by atoms with Crippen molar-refractivity contribution in [1.29, 1.82) is 0 Å². The van der Waals surface area contributed by atoms with Crippen LogP contribution in [0.5, 0.6) is 0 Å². The zero-order chi connectivity index (χ0) is 15.2. The molecule has 1 aromatic rings. The normalized spacial score (nSPS) is 22.4. The van der Waals surface area contributed by atoms with Crippen molar-refractivity contribution in [3.63, 3.8) is 0 Å². The van der Waals surface area contributed by atoms with Gasteiger partial charge in [0.25, 0.3) is 0 Å². The molecule has 0 saturated heterocycles. The predicted octanol–water partition coefficient (Wildman–Crippen LogP) is 3.68. The molecule has 0 heterocycles. The van der Waals surface area contributed by atoms with Crippen LogP contribution < -0.4 is 0 Å². The predicted molar refractivity (Wildman–Crippen MR) is 80.5 cm³/mol. The Morgan fingerprint density at radius 3 is 2.57 bits per heavy atom. The fourth-order valence-electron chi connectivity index (χ4n) is 3.26. The van der Waals surface area contributed by atoms with Gasteiger partial charge in [-0.15, -0.1) is 0 Å². The molecule has 0 aromatic heterocycles. The highest BCUT2D eigenvalue weighted by Gasteiger charge is 2.27. The summed E-state index contributed by atoms with van der Waals surface area (Å²) in [5.41, 5.74) is 1.04. The van der Waals surface area contributed by atoms with E-state index in [4.69, 9.17) is 5.11 Å². The number of benzene rings is 1. The number of hydrogen-bond acceptors (Lipinski definition) is 2. The smallest absolute Gasteiger partial charge is 0.304 e. The molecule has 3 nitrogen and oxygen atoms in total. The molecule has 1 fully saturated rings. The lowest BCUT2D eigenvalue weighted by atomic mass is 9.84. The molecule has 116 valence electrons. The van der Waals surface area contributed by atoms with Crippen molar-refractivity contribution in [2.45, 2.75) is 51.6 Å². The van der Waals surface area contributed by atoms with Crippen molar-refractivity contribution in [1.82, 2.24) is 4.90 Å². The molecule has 2 atom stereocenters. The van der Waals surface area contributed by atoms with E-state index in [0.29, 0.717) is 25.0 Å². The first-order chi connectivity index (χ1) is 10.1. The van der Waals surface area contributed by atoms with E-state index in [1.54, 1.807) is 12.1 Å². The molecule has 2 unspecified atom stereocenters. The van der Waals surface area contributed by atoms with E-state index in [-0.39, 0.29) is 12.2 Å².